The van der Waals surface area contributed by atoms with E-state index in [2.05, 4.69) is 20.4 Å². The van der Waals surface area contributed by atoms with Gasteiger partial charge in [-0.25, -0.2) is 0 Å². The molecule has 4 aliphatic carbocycles. The van der Waals surface area contributed by atoms with Gasteiger partial charge in [-0.1, -0.05) is 0 Å². The molecular weight excluding hydrogens is 376 g/mol. The Bertz CT molecular complexity index is 665. The van der Waals surface area contributed by atoms with Gasteiger partial charge in [-0.2, -0.15) is 0 Å². The standard InChI is InChI=1S/C24H40N4O2/c1-23(2,3)26-22(30)14-28-12-19-7-20(28)11-27(19)13-21(29)25-15-24-8-16-4-17(9-24)6-18(5-16)10-24/h16-20H,4-15H2,1-3H3,(H,25,29)(H,26,30)/t16?,17?,18?,19-,20-,24?/m0/s1. The number of likely N-dealkylation sites (tertiary alicyclic amines) is 2. The molecule has 6 bridgehead atoms. The van der Waals surface area contributed by atoms with Gasteiger partial charge in [-0.3, -0.25) is 19.4 Å². The molecule has 6 nitrogen and oxygen atoms in total. The van der Waals surface area contributed by atoms with Crippen molar-refractivity contribution in [3.63, 3.8) is 0 Å². The fourth-order valence-corrected chi connectivity index (χ4v) is 7.89. The first-order valence-electron chi connectivity index (χ1n) is 12.2. The summed E-state index contributed by atoms with van der Waals surface area (Å²) < 4.78 is 0. The number of nitrogens with one attached hydrogen (secondary N) is 2. The molecule has 4 saturated carbocycles. The molecule has 0 aromatic carbocycles. The summed E-state index contributed by atoms with van der Waals surface area (Å²) in [5.74, 6) is 3.11. The Balaban J connectivity index is 1.07. The van der Waals surface area contributed by atoms with E-state index < -0.39 is 0 Å². The Labute approximate surface area is 181 Å². The molecule has 168 valence electrons. The number of nitrogens with zero attached hydrogens (tertiary/aromatic N) is 2. The van der Waals surface area contributed by atoms with Crippen molar-refractivity contribution in [3.05, 3.63) is 0 Å². The van der Waals surface area contributed by atoms with Gasteiger partial charge in [0.15, 0.2) is 0 Å². The van der Waals surface area contributed by atoms with E-state index in [1.165, 1.54) is 38.5 Å². The molecule has 6 fully saturated rings. The number of fused-ring (bicyclic) bond motifs is 2. The van der Waals surface area contributed by atoms with Crippen molar-refractivity contribution in [2.75, 3.05) is 32.7 Å². The van der Waals surface area contributed by atoms with Crippen LogP contribution in [0.3, 0.4) is 0 Å². The van der Waals surface area contributed by atoms with Gasteiger partial charge in [-0.05, 0) is 88.9 Å². The second-order valence-electron chi connectivity index (χ2n) is 12.4. The highest BCUT2D eigenvalue weighted by Crippen LogP contribution is 2.59. The van der Waals surface area contributed by atoms with Crippen molar-refractivity contribution in [2.45, 2.75) is 83.3 Å². The minimum Gasteiger partial charge on any atom is -0.354 e. The van der Waals surface area contributed by atoms with Gasteiger partial charge in [0.25, 0.3) is 0 Å². The average Bonchev–Trinajstić information content (AvgIpc) is 3.17. The van der Waals surface area contributed by atoms with Gasteiger partial charge in [0.05, 0.1) is 13.1 Å². The Kier molecular flexibility index (Phi) is 5.17. The van der Waals surface area contributed by atoms with E-state index in [-0.39, 0.29) is 17.4 Å². The first-order valence-corrected chi connectivity index (χ1v) is 12.2. The SMILES string of the molecule is CC(C)(C)NC(=O)CN1C[C@@H]2C[C@H]1CN2CC(=O)NCC12CC3CC(CC(C3)C1)C2. The molecule has 2 heterocycles. The van der Waals surface area contributed by atoms with Crippen LogP contribution < -0.4 is 10.6 Å². The topological polar surface area (TPSA) is 64.7 Å². The number of rotatable bonds is 6. The van der Waals surface area contributed by atoms with Crippen LogP contribution in [0.25, 0.3) is 0 Å². The van der Waals surface area contributed by atoms with Crippen molar-refractivity contribution in [1.29, 1.82) is 0 Å². The van der Waals surface area contributed by atoms with E-state index in [4.69, 9.17) is 0 Å². The molecule has 6 rings (SSSR count). The predicted octanol–water partition coefficient (Wildman–Crippen LogP) is 1.99. The third-order valence-electron chi connectivity index (χ3n) is 8.50. The summed E-state index contributed by atoms with van der Waals surface area (Å²) >= 11 is 0. The maximum absolute atomic E-state index is 12.8. The monoisotopic (exact) mass is 416 g/mol. The maximum atomic E-state index is 12.8. The molecule has 0 radical (unpaired) electrons. The van der Waals surface area contributed by atoms with E-state index in [0.29, 0.717) is 30.6 Å². The van der Waals surface area contributed by atoms with Crippen molar-refractivity contribution < 1.29 is 9.59 Å². The molecule has 30 heavy (non-hydrogen) atoms. The summed E-state index contributed by atoms with van der Waals surface area (Å²) in [6.07, 6.45) is 9.49. The zero-order chi connectivity index (χ0) is 21.1. The van der Waals surface area contributed by atoms with Gasteiger partial charge in [0.2, 0.25) is 11.8 Å². The second-order valence-corrected chi connectivity index (χ2v) is 12.4. The molecular formula is C24H40N4O2. The zero-order valence-electron chi connectivity index (χ0n) is 19.1. The number of hydrogen-bond donors (Lipinski definition) is 2. The zero-order valence-corrected chi connectivity index (χ0v) is 19.1. The molecule has 2 aliphatic heterocycles. The molecule has 0 spiro atoms. The number of amides is 2. The van der Waals surface area contributed by atoms with Gasteiger partial charge < -0.3 is 10.6 Å². The maximum Gasteiger partial charge on any atom is 0.234 e. The van der Waals surface area contributed by atoms with Gasteiger partial charge in [0.1, 0.15) is 0 Å². The molecule has 0 unspecified atom stereocenters. The quantitative estimate of drug-likeness (QED) is 0.695. The smallest absolute Gasteiger partial charge is 0.234 e. The van der Waals surface area contributed by atoms with Crippen LogP contribution >= 0.6 is 0 Å². The van der Waals surface area contributed by atoms with Crippen LogP contribution in [0.5, 0.6) is 0 Å². The van der Waals surface area contributed by atoms with Crippen LogP contribution in [-0.4, -0.2) is 72.0 Å². The summed E-state index contributed by atoms with van der Waals surface area (Å²) in [6, 6.07) is 0.833. The lowest BCUT2D eigenvalue weighted by molar-refractivity contribution is -0.126. The summed E-state index contributed by atoms with van der Waals surface area (Å²) in [4.78, 5) is 29.7. The summed E-state index contributed by atoms with van der Waals surface area (Å²) in [5.41, 5.74) is 0.224. The normalized spacial score (nSPS) is 40.2. The molecule has 2 amide bonds. The Hall–Kier alpha value is -1.14. The number of carbonyl (C=O) groups excluding carboxylic acids is 2. The molecule has 0 aromatic heterocycles. The average molecular weight is 417 g/mol. The van der Waals surface area contributed by atoms with Gasteiger partial charge in [0, 0.05) is 37.3 Å². The summed E-state index contributed by atoms with van der Waals surface area (Å²) in [7, 11) is 0. The van der Waals surface area contributed by atoms with E-state index in [1.54, 1.807) is 0 Å². The van der Waals surface area contributed by atoms with Crippen LogP contribution in [0.15, 0.2) is 0 Å². The lowest BCUT2D eigenvalue weighted by Gasteiger charge is -2.57. The predicted molar refractivity (Wildman–Crippen MR) is 117 cm³/mol. The number of carbonyl (C=O) groups is 2. The minimum absolute atomic E-state index is 0.106. The highest BCUT2D eigenvalue weighted by molar-refractivity contribution is 5.79. The van der Waals surface area contributed by atoms with Crippen LogP contribution in [0.4, 0.5) is 0 Å². The first-order chi connectivity index (χ1) is 14.2. The van der Waals surface area contributed by atoms with Crippen LogP contribution in [0.2, 0.25) is 0 Å². The second kappa shape index (κ2) is 7.47. The lowest BCUT2D eigenvalue weighted by atomic mass is 9.49. The third-order valence-corrected chi connectivity index (χ3v) is 8.50. The Morgan fingerprint density at radius 2 is 1.33 bits per heavy atom. The Morgan fingerprint density at radius 3 is 1.80 bits per heavy atom. The van der Waals surface area contributed by atoms with Crippen molar-refractivity contribution in [1.82, 2.24) is 20.4 Å². The Morgan fingerprint density at radius 1 is 0.833 bits per heavy atom. The molecule has 2 saturated heterocycles. The number of hydrogen-bond acceptors (Lipinski definition) is 4. The van der Waals surface area contributed by atoms with Crippen molar-refractivity contribution >= 4 is 11.8 Å². The van der Waals surface area contributed by atoms with Crippen molar-refractivity contribution in [3.8, 4) is 0 Å². The first kappa shape index (κ1) is 20.7. The van der Waals surface area contributed by atoms with Crippen LogP contribution in [0, 0.1) is 23.2 Å². The highest BCUT2D eigenvalue weighted by atomic mass is 16.2. The molecule has 0 aromatic rings. The molecule has 6 aliphatic rings. The number of piperazine rings is 1. The summed E-state index contributed by atoms with van der Waals surface area (Å²) in [5, 5.41) is 6.40. The molecule has 2 N–H and O–H groups in total. The van der Waals surface area contributed by atoms with Crippen LogP contribution in [0.1, 0.15) is 65.7 Å². The van der Waals surface area contributed by atoms with Crippen molar-refractivity contribution in [2.24, 2.45) is 23.2 Å². The fraction of sp³-hybridized carbons (Fsp3) is 0.917. The lowest BCUT2D eigenvalue weighted by Crippen LogP contribution is -2.54. The summed E-state index contributed by atoms with van der Waals surface area (Å²) in [6.45, 7) is 9.78. The third kappa shape index (κ3) is 4.27. The molecule has 6 heteroatoms. The van der Waals surface area contributed by atoms with E-state index >= 15 is 0 Å². The van der Waals surface area contributed by atoms with E-state index in [0.717, 1.165) is 43.8 Å². The van der Waals surface area contributed by atoms with E-state index in [1.807, 2.05) is 20.8 Å². The van der Waals surface area contributed by atoms with Crippen LogP contribution in [-0.2, 0) is 9.59 Å². The van der Waals surface area contributed by atoms with E-state index in [9.17, 15) is 9.59 Å². The van der Waals surface area contributed by atoms with Gasteiger partial charge >= 0.3 is 0 Å². The fourth-order valence-electron chi connectivity index (χ4n) is 7.89. The molecule has 2 atom stereocenters. The minimum atomic E-state index is -0.184. The largest absolute Gasteiger partial charge is 0.354 e. The van der Waals surface area contributed by atoms with Gasteiger partial charge in [-0.15, -0.1) is 0 Å². The highest BCUT2D eigenvalue weighted by Gasteiger charge is 2.51.